The van der Waals surface area contributed by atoms with Crippen molar-refractivity contribution >= 4 is 29.0 Å². The fourth-order valence-electron chi connectivity index (χ4n) is 4.24. The van der Waals surface area contributed by atoms with Crippen LogP contribution >= 0.6 is 0 Å². The molecule has 2 amide bonds. The summed E-state index contributed by atoms with van der Waals surface area (Å²) in [4.78, 5) is 24.6. The van der Waals surface area contributed by atoms with Gasteiger partial charge in [0.15, 0.2) is 11.5 Å². The van der Waals surface area contributed by atoms with Gasteiger partial charge in [0, 0.05) is 36.0 Å². The number of nitrogens with one attached hydrogen (secondary N) is 3. The van der Waals surface area contributed by atoms with E-state index in [-0.39, 0.29) is 29.3 Å². The Labute approximate surface area is 185 Å². The molecule has 1 aromatic carbocycles. The number of hydrogen-bond acceptors (Lipinski definition) is 6. The highest BCUT2D eigenvalue weighted by atomic mass is 16.2. The summed E-state index contributed by atoms with van der Waals surface area (Å²) in [7, 11) is 1.55. The van der Waals surface area contributed by atoms with Gasteiger partial charge in [0.2, 0.25) is 5.91 Å². The Morgan fingerprint density at radius 1 is 1.12 bits per heavy atom. The van der Waals surface area contributed by atoms with Crippen molar-refractivity contribution in [2.75, 3.05) is 17.7 Å². The maximum absolute atomic E-state index is 12.4. The molecule has 2 aromatic heterocycles. The van der Waals surface area contributed by atoms with E-state index in [0.717, 1.165) is 41.9 Å². The Morgan fingerprint density at radius 2 is 1.94 bits per heavy atom. The highest BCUT2D eigenvalue weighted by molar-refractivity contribution is 5.99. The Morgan fingerprint density at radius 3 is 2.69 bits per heavy atom. The molecule has 0 bridgehead atoms. The van der Waals surface area contributed by atoms with Crippen LogP contribution in [0.4, 0.5) is 17.2 Å². The van der Waals surface area contributed by atoms with Crippen LogP contribution in [0.25, 0.3) is 5.69 Å². The molecule has 3 aromatic rings. The Balaban J connectivity index is 1.55. The molecule has 0 spiro atoms. The average molecular weight is 432 g/mol. The van der Waals surface area contributed by atoms with E-state index in [1.54, 1.807) is 13.1 Å². The fourth-order valence-corrected chi connectivity index (χ4v) is 4.24. The average Bonchev–Trinajstić information content (AvgIpc) is 3.56. The van der Waals surface area contributed by atoms with E-state index in [1.165, 1.54) is 5.69 Å². The van der Waals surface area contributed by atoms with Gasteiger partial charge in [0.1, 0.15) is 0 Å². The van der Waals surface area contributed by atoms with E-state index in [2.05, 4.69) is 50.3 Å². The number of rotatable bonds is 5. The van der Waals surface area contributed by atoms with Gasteiger partial charge in [0.25, 0.3) is 5.91 Å². The van der Waals surface area contributed by atoms with Crippen LogP contribution in [0.5, 0.6) is 0 Å². The molecule has 9 nitrogen and oxygen atoms in total. The highest BCUT2D eigenvalue weighted by Gasteiger charge is 2.30. The predicted octanol–water partition coefficient (Wildman–Crippen LogP) is 3.08. The SMILES string of the molecule is CNC(=O)c1nnc(NC(=O)C2CC2)cc1Nc1cccc2c1C(C)Cc1cc(C)nn1-2. The smallest absolute Gasteiger partial charge is 0.273 e. The highest BCUT2D eigenvalue weighted by Crippen LogP contribution is 2.39. The molecule has 3 N–H and O–H groups in total. The van der Waals surface area contributed by atoms with Gasteiger partial charge in [-0.15, -0.1) is 10.2 Å². The van der Waals surface area contributed by atoms with E-state index < -0.39 is 0 Å². The number of anilines is 3. The first kappa shape index (κ1) is 20.2. The van der Waals surface area contributed by atoms with Crippen molar-refractivity contribution in [2.45, 2.75) is 39.0 Å². The molecule has 3 heterocycles. The maximum atomic E-state index is 12.4. The second-order valence-electron chi connectivity index (χ2n) is 8.49. The van der Waals surface area contributed by atoms with E-state index >= 15 is 0 Å². The normalized spacial score (nSPS) is 16.7. The van der Waals surface area contributed by atoms with Gasteiger partial charge in [-0.2, -0.15) is 5.10 Å². The van der Waals surface area contributed by atoms with E-state index in [9.17, 15) is 9.59 Å². The number of aryl methyl sites for hydroxylation is 1. The molecule has 2 aliphatic rings. The lowest BCUT2D eigenvalue weighted by Crippen LogP contribution is -2.23. The van der Waals surface area contributed by atoms with E-state index in [0.29, 0.717) is 11.5 Å². The largest absolute Gasteiger partial charge is 0.354 e. The summed E-state index contributed by atoms with van der Waals surface area (Å²) < 4.78 is 1.99. The molecule has 1 saturated carbocycles. The molecule has 5 rings (SSSR count). The Hall–Kier alpha value is -3.75. The summed E-state index contributed by atoms with van der Waals surface area (Å²) in [5.74, 6) is 0.193. The van der Waals surface area contributed by atoms with Crippen molar-refractivity contribution in [1.29, 1.82) is 0 Å². The first-order valence-corrected chi connectivity index (χ1v) is 10.8. The minimum absolute atomic E-state index is 0.0422. The second-order valence-corrected chi connectivity index (χ2v) is 8.49. The number of carbonyl (C=O) groups excluding carboxylic acids is 2. The van der Waals surface area contributed by atoms with Crippen molar-refractivity contribution in [1.82, 2.24) is 25.3 Å². The predicted molar refractivity (Wildman–Crippen MR) is 120 cm³/mol. The van der Waals surface area contributed by atoms with Gasteiger partial charge in [-0.3, -0.25) is 9.59 Å². The third-order valence-electron chi connectivity index (χ3n) is 5.93. The molecular formula is C23H25N7O2. The zero-order valence-corrected chi connectivity index (χ0v) is 18.3. The van der Waals surface area contributed by atoms with Crippen LogP contribution in [0.1, 0.15) is 53.1 Å². The van der Waals surface area contributed by atoms with Gasteiger partial charge in [-0.1, -0.05) is 13.0 Å². The molecule has 1 fully saturated rings. The molecule has 32 heavy (non-hydrogen) atoms. The first-order valence-electron chi connectivity index (χ1n) is 10.8. The topological polar surface area (TPSA) is 114 Å². The minimum Gasteiger partial charge on any atom is -0.354 e. The lowest BCUT2D eigenvalue weighted by molar-refractivity contribution is -0.117. The summed E-state index contributed by atoms with van der Waals surface area (Å²) in [5.41, 5.74) is 5.80. The van der Waals surface area contributed by atoms with Crippen LogP contribution in [-0.2, 0) is 11.2 Å². The van der Waals surface area contributed by atoms with Crippen molar-refractivity contribution in [2.24, 2.45) is 5.92 Å². The summed E-state index contributed by atoms with van der Waals surface area (Å²) in [6, 6.07) is 9.77. The standard InChI is InChI=1S/C23H25N7O2/c1-12-9-15-10-13(2)29-30(15)18-6-4-5-16(20(12)18)25-17-11-19(26-22(31)14-7-8-14)27-28-21(17)23(32)24-3/h4-6,10-12,14H,7-9H2,1-3H3,(H,24,32)(H2,25,26,27,31). The molecule has 1 aliphatic carbocycles. The molecule has 0 saturated heterocycles. The Kier molecular flexibility index (Phi) is 4.88. The van der Waals surface area contributed by atoms with Crippen LogP contribution in [-0.4, -0.2) is 38.8 Å². The molecule has 1 aliphatic heterocycles. The van der Waals surface area contributed by atoms with Crippen LogP contribution in [0.15, 0.2) is 30.3 Å². The Bertz CT molecular complexity index is 1230. The van der Waals surface area contributed by atoms with Gasteiger partial charge in [-0.25, -0.2) is 4.68 Å². The first-order chi connectivity index (χ1) is 15.4. The van der Waals surface area contributed by atoms with Gasteiger partial charge < -0.3 is 16.0 Å². The number of nitrogens with zero attached hydrogens (tertiary/aromatic N) is 4. The maximum Gasteiger partial charge on any atom is 0.273 e. The number of amides is 2. The minimum atomic E-state index is -0.358. The third kappa shape index (κ3) is 3.59. The van der Waals surface area contributed by atoms with Gasteiger partial charge in [-0.05, 0) is 50.3 Å². The number of hydrogen-bond donors (Lipinski definition) is 3. The molecule has 9 heteroatoms. The van der Waals surface area contributed by atoms with Crippen LogP contribution in [0.2, 0.25) is 0 Å². The molecule has 164 valence electrons. The quantitative estimate of drug-likeness (QED) is 0.572. The summed E-state index contributed by atoms with van der Waals surface area (Å²) in [5, 5.41) is 21.6. The summed E-state index contributed by atoms with van der Waals surface area (Å²) >= 11 is 0. The van der Waals surface area contributed by atoms with Crippen molar-refractivity contribution in [3.8, 4) is 5.69 Å². The van der Waals surface area contributed by atoms with Gasteiger partial charge in [0.05, 0.1) is 17.1 Å². The number of benzene rings is 1. The van der Waals surface area contributed by atoms with Crippen LogP contribution in [0.3, 0.4) is 0 Å². The molecule has 0 radical (unpaired) electrons. The van der Waals surface area contributed by atoms with Crippen LogP contribution < -0.4 is 16.0 Å². The lowest BCUT2D eigenvalue weighted by Gasteiger charge is -2.27. The number of aromatic nitrogens is 4. The zero-order valence-electron chi connectivity index (χ0n) is 18.3. The zero-order chi connectivity index (χ0) is 22.4. The van der Waals surface area contributed by atoms with E-state index in [1.807, 2.05) is 23.7 Å². The van der Waals surface area contributed by atoms with E-state index in [4.69, 9.17) is 0 Å². The van der Waals surface area contributed by atoms with Crippen LogP contribution in [0, 0.1) is 12.8 Å². The lowest BCUT2D eigenvalue weighted by atomic mass is 9.90. The summed E-state index contributed by atoms with van der Waals surface area (Å²) in [6.07, 6.45) is 2.65. The third-order valence-corrected chi connectivity index (χ3v) is 5.93. The van der Waals surface area contributed by atoms with Crippen molar-refractivity contribution in [3.05, 3.63) is 53.0 Å². The monoisotopic (exact) mass is 431 g/mol. The van der Waals surface area contributed by atoms with Crippen molar-refractivity contribution < 1.29 is 9.59 Å². The molecule has 1 unspecified atom stereocenters. The van der Waals surface area contributed by atoms with Crippen molar-refractivity contribution in [3.63, 3.8) is 0 Å². The molecule has 1 atom stereocenters. The number of carbonyl (C=O) groups is 2. The fraction of sp³-hybridized carbons (Fsp3) is 0.348. The number of fused-ring (bicyclic) bond motifs is 3. The van der Waals surface area contributed by atoms with Gasteiger partial charge >= 0.3 is 0 Å². The second kappa shape index (κ2) is 7.74. The molecular weight excluding hydrogens is 406 g/mol. The summed E-state index contributed by atoms with van der Waals surface area (Å²) in [6.45, 7) is 4.18.